The fourth-order valence-electron chi connectivity index (χ4n) is 1.01. The van der Waals surface area contributed by atoms with E-state index in [0.29, 0.717) is 5.57 Å². The van der Waals surface area contributed by atoms with Crippen molar-refractivity contribution in [1.29, 1.82) is 0 Å². The molecule has 0 saturated heterocycles. The Bertz CT molecular complexity index is 228. The standard InChI is InChI=1S/C8H10O3.CH4/c1-2-3-5-4-6(9)8(11)7(5)10;/h2-4,7-8,10-11H,1H3;1H4/b3-2+;. The van der Waals surface area contributed by atoms with Crippen molar-refractivity contribution < 1.29 is 15.0 Å². The maximum atomic E-state index is 10.7. The molecule has 0 radical (unpaired) electrons. The first-order valence-electron chi connectivity index (χ1n) is 3.41. The minimum atomic E-state index is -1.26. The van der Waals surface area contributed by atoms with Gasteiger partial charge in [-0.05, 0) is 18.6 Å². The Hall–Kier alpha value is -0.930. The van der Waals surface area contributed by atoms with Crippen LogP contribution >= 0.6 is 0 Å². The zero-order chi connectivity index (χ0) is 8.43. The molecule has 1 aliphatic carbocycles. The topological polar surface area (TPSA) is 57.5 Å². The van der Waals surface area contributed by atoms with Crippen LogP contribution in [-0.2, 0) is 4.79 Å². The summed E-state index contributed by atoms with van der Waals surface area (Å²) in [7, 11) is 0. The number of aliphatic hydroxyl groups is 2. The molecule has 0 bridgehead atoms. The van der Waals surface area contributed by atoms with Crippen LogP contribution in [-0.4, -0.2) is 28.2 Å². The van der Waals surface area contributed by atoms with E-state index in [9.17, 15) is 4.79 Å². The Morgan fingerprint density at radius 3 is 2.33 bits per heavy atom. The molecule has 0 aromatic heterocycles. The van der Waals surface area contributed by atoms with E-state index in [1.165, 1.54) is 6.08 Å². The summed E-state index contributed by atoms with van der Waals surface area (Å²) in [6.45, 7) is 1.78. The minimum absolute atomic E-state index is 0. The Labute approximate surface area is 72.0 Å². The fourth-order valence-corrected chi connectivity index (χ4v) is 1.01. The summed E-state index contributed by atoms with van der Waals surface area (Å²) >= 11 is 0. The smallest absolute Gasteiger partial charge is 0.187 e. The van der Waals surface area contributed by atoms with Crippen LogP contribution in [0.5, 0.6) is 0 Å². The number of ketones is 1. The molecule has 0 aromatic rings. The van der Waals surface area contributed by atoms with Crippen LogP contribution in [0.25, 0.3) is 0 Å². The third-order valence-electron chi connectivity index (χ3n) is 1.60. The number of carbonyl (C=O) groups is 1. The van der Waals surface area contributed by atoms with Gasteiger partial charge in [0.05, 0.1) is 0 Å². The predicted molar refractivity (Wildman–Crippen MR) is 46.6 cm³/mol. The lowest BCUT2D eigenvalue weighted by atomic mass is 10.1. The zero-order valence-electron chi connectivity index (χ0n) is 6.19. The molecule has 0 fully saturated rings. The van der Waals surface area contributed by atoms with Crippen molar-refractivity contribution in [2.45, 2.75) is 26.6 Å². The SMILES string of the molecule is C.C/C=C/C1=CC(=O)C(O)C1O. The predicted octanol–water partition coefficient (Wildman–Crippen LogP) is 0.430. The Balaban J connectivity index is 0.00000121. The second-order valence-corrected chi connectivity index (χ2v) is 2.44. The summed E-state index contributed by atoms with van der Waals surface area (Å²) in [6.07, 6.45) is 2.27. The number of rotatable bonds is 1. The van der Waals surface area contributed by atoms with Gasteiger partial charge in [0.15, 0.2) is 5.78 Å². The largest absolute Gasteiger partial charge is 0.385 e. The number of carbonyl (C=O) groups excluding carboxylic acids is 1. The highest BCUT2D eigenvalue weighted by atomic mass is 16.3. The van der Waals surface area contributed by atoms with Crippen LogP contribution in [0.3, 0.4) is 0 Å². The van der Waals surface area contributed by atoms with Gasteiger partial charge in [0.2, 0.25) is 0 Å². The molecule has 3 nitrogen and oxygen atoms in total. The second kappa shape index (κ2) is 4.18. The maximum Gasteiger partial charge on any atom is 0.187 e. The minimum Gasteiger partial charge on any atom is -0.385 e. The molecule has 0 aliphatic heterocycles. The highest BCUT2D eigenvalue weighted by Gasteiger charge is 2.31. The van der Waals surface area contributed by atoms with Gasteiger partial charge in [-0.1, -0.05) is 19.6 Å². The Morgan fingerprint density at radius 1 is 1.42 bits per heavy atom. The van der Waals surface area contributed by atoms with Gasteiger partial charge in [-0.25, -0.2) is 0 Å². The van der Waals surface area contributed by atoms with E-state index >= 15 is 0 Å². The molecular weight excluding hydrogens is 156 g/mol. The summed E-state index contributed by atoms with van der Waals surface area (Å²) in [5.74, 6) is -0.425. The monoisotopic (exact) mass is 170 g/mol. The second-order valence-electron chi connectivity index (χ2n) is 2.44. The average Bonchev–Trinajstić information content (AvgIpc) is 2.19. The first-order valence-corrected chi connectivity index (χ1v) is 3.41. The lowest BCUT2D eigenvalue weighted by Gasteiger charge is -2.07. The summed E-state index contributed by atoms with van der Waals surface area (Å²) in [5, 5.41) is 18.1. The molecular formula is C9H14O3. The van der Waals surface area contributed by atoms with Crippen LogP contribution < -0.4 is 0 Å². The molecule has 0 heterocycles. The molecule has 0 spiro atoms. The van der Waals surface area contributed by atoms with Gasteiger partial charge in [-0.3, -0.25) is 4.79 Å². The molecule has 68 valence electrons. The van der Waals surface area contributed by atoms with Gasteiger partial charge in [0, 0.05) is 0 Å². The van der Waals surface area contributed by atoms with Crippen molar-refractivity contribution >= 4 is 5.78 Å². The average molecular weight is 170 g/mol. The Kier molecular flexibility index (Phi) is 3.86. The van der Waals surface area contributed by atoms with Crippen LogP contribution in [0.2, 0.25) is 0 Å². The zero-order valence-corrected chi connectivity index (χ0v) is 6.19. The van der Waals surface area contributed by atoms with Crippen molar-refractivity contribution in [3.8, 4) is 0 Å². The summed E-state index contributed by atoms with van der Waals surface area (Å²) < 4.78 is 0. The molecule has 12 heavy (non-hydrogen) atoms. The van der Waals surface area contributed by atoms with Gasteiger partial charge in [-0.15, -0.1) is 0 Å². The van der Waals surface area contributed by atoms with E-state index < -0.39 is 18.0 Å². The Morgan fingerprint density at radius 2 is 2.00 bits per heavy atom. The fraction of sp³-hybridized carbons (Fsp3) is 0.444. The summed E-state index contributed by atoms with van der Waals surface area (Å²) in [6, 6.07) is 0. The van der Waals surface area contributed by atoms with Crippen LogP contribution in [0.1, 0.15) is 14.4 Å². The van der Waals surface area contributed by atoms with Crippen molar-refractivity contribution in [2.24, 2.45) is 0 Å². The van der Waals surface area contributed by atoms with Gasteiger partial charge in [-0.2, -0.15) is 0 Å². The quantitative estimate of drug-likeness (QED) is 0.600. The van der Waals surface area contributed by atoms with Crippen LogP contribution in [0.4, 0.5) is 0 Å². The molecule has 0 aromatic carbocycles. The third kappa shape index (κ3) is 1.81. The van der Waals surface area contributed by atoms with Gasteiger partial charge in [0.25, 0.3) is 0 Å². The van der Waals surface area contributed by atoms with E-state index in [1.54, 1.807) is 19.1 Å². The highest BCUT2D eigenvalue weighted by Crippen LogP contribution is 2.17. The summed E-state index contributed by atoms with van der Waals surface area (Å²) in [5.41, 5.74) is 0.477. The number of hydrogen-bond donors (Lipinski definition) is 2. The number of hydrogen-bond acceptors (Lipinski definition) is 3. The molecule has 1 aliphatic rings. The van der Waals surface area contributed by atoms with Gasteiger partial charge < -0.3 is 10.2 Å². The number of allylic oxidation sites excluding steroid dienone is 1. The normalized spacial score (nSPS) is 28.9. The lowest BCUT2D eigenvalue weighted by Crippen LogP contribution is -2.27. The number of aliphatic hydroxyl groups excluding tert-OH is 2. The maximum absolute atomic E-state index is 10.7. The van der Waals surface area contributed by atoms with Crippen molar-refractivity contribution in [2.75, 3.05) is 0 Å². The molecule has 0 amide bonds. The summed E-state index contributed by atoms with van der Waals surface area (Å²) in [4.78, 5) is 10.7. The third-order valence-corrected chi connectivity index (χ3v) is 1.60. The van der Waals surface area contributed by atoms with Crippen molar-refractivity contribution in [1.82, 2.24) is 0 Å². The van der Waals surface area contributed by atoms with E-state index in [-0.39, 0.29) is 7.43 Å². The molecule has 2 N–H and O–H groups in total. The van der Waals surface area contributed by atoms with E-state index in [2.05, 4.69) is 0 Å². The van der Waals surface area contributed by atoms with E-state index in [1.807, 2.05) is 0 Å². The van der Waals surface area contributed by atoms with E-state index in [0.717, 1.165) is 0 Å². The highest BCUT2D eigenvalue weighted by molar-refractivity contribution is 5.98. The molecule has 1 rings (SSSR count). The van der Waals surface area contributed by atoms with Crippen molar-refractivity contribution in [3.05, 3.63) is 23.8 Å². The van der Waals surface area contributed by atoms with Crippen LogP contribution in [0.15, 0.2) is 23.8 Å². The van der Waals surface area contributed by atoms with Gasteiger partial charge in [0.1, 0.15) is 12.2 Å². The first kappa shape index (κ1) is 11.1. The van der Waals surface area contributed by atoms with Crippen LogP contribution in [0, 0.1) is 0 Å². The molecule has 2 unspecified atom stereocenters. The first-order chi connectivity index (χ1) is 5.16. The molecule has 3 heteroatoms. The van der Waals surface area contributed by atoms with Crippen molar-refractivity contribution in [3.63, 3.8) is 0 Å². The molecule has 2 atom stereocenters. The molecule has 0 saturated carbocycles. The van der Waals surface area contributed by atoms with Gasteiger partial charge >= 0.3 is 0 Å². The lowest BCUT2D eigenvalue weighted by molar-refractivity contribution is -0.124. The van der Waals surface area contributed by atoms with E-state index in [4.69, 9.17) is 10.2 Å².